The lowest BCUT2D eigenvalue weighted by molar-refractivity contribution is -0.770. The molecule has 0 aliphatic heterocycles. The molecule has 0 saturated carbocycles. The second-order valence-corrected chi connectivity index (χ2v) is 5.96. The van der Waals surface area contributed by atoms with Gasteiger partial charge in [0.05, 0.1) is 0 Å². The van der Waals surface area contributed by atoms with Crippen molar-refractivity contribution in [2.75, 3.05) is 0 Å². The lowest BCUT2D eigenvalue weighted by Gasteiger charge is -2.26. The van der Waals surface area contributed by atoms with Gasteiger partial charge >= 0.3 is 0 Å². The third-order valence-electron chi connectivity index (χ3n) is 3.36. The monoisotopic (exact) mass is 266 g/mol. The zero-order chi connectivity index (χ0) is 14.4. The molecule has 0 aromatic rings. The van der Waals surface area contributed by atoms with E-state index in [1.807, 2.05) is 55.4 Å². The van der Waals surface area contributed by atoms with Gasteiger partial charge in [-0.3, -0.25) is 0 Å². The van der Waals surface area contributed by atoms with Gasteiger partial charge in [-0.25, -0.2) is 0 Å². The molecule has 0 heterocycles. The Hall–Kier alpha value is -0.240. The van der Waals surface area contributed by atoms with Gasteiger partial charge in [-0.1, -0.05) is 27.7 Å². The van der Waals surface area contributed by atoms with Gasteiger partial charge in [0.25, 0.3) is 0 Å². The summed E-state index contributed by atoms with van der Waals surface area (Å²) in [5.74, 6) is 0.497. The molecule has 0 radical (unpaired) electrons. The highest BCUT2D eigenvalue weighted by atomic mass is 17.8. The Balaban J connectivity index is 3.65. The lowest BCUT2D eigenvalue weighted by atomic mass is 9.95. The summed E-state index contributed by atoms with van der Waals surface area (Å²) in [5, 5.41) is 17.3. The molecule has 0 unspecified atom stereocenters. The second-order valence-electron chi connectivity index (χ2n) is 5.96. The van der Waals surface area contributed by atoms with Gasteiger partial charge in [0.2, 0.25) is 0 Å². The number of hydrogen-bond donors (Lipinski definition) is 0. The van der Waals surface area contributed by atoms with E-state index < -0.39 is 11.2 Å². The van der Waals surface area contributed by atoms with E-state index in [2.05, 4.69) is 20.2 Å². The van der Waals surface area contributed by atoms with Crippen molar-refractivity contribution < 1.29 is 29.9 Å². The largest absolute Gasteiger partial charge is 0.197 e. The summed E-state index contributed by atoms with van der Waals surface area (Å²) in [4.78, 5) is 9.98. The fraction of sp³-hybridized carbons (Fsp3) is 1.00. The van der Waals surface area contributed by atoms with Gasteiger partial charge in [-0.2, -0.15) is 9.78 Å². The fourth-order valence-electron chi connectivity index (χ4n) is 0.418. The van der Waals surface area contributed by atoms with Gasteiger partial charge in [0, 0.05) is 0 Å². The quantitative estimate of drug-likeness (QED) is 0.361. The molecule has 0 amide bonds. The zero-order valence-corrected chi connectivity index (χ0v) is 12.6. The summed E-state index contributed by atoms with van der Waals surface area (Å²) in [6, 6.07) is 0. The number of hydrogen-bond acceptors (Lipinski definition) is 6. The fourth-order valence-corrected chi connectivity index (χ4v) is 0.418. The van der Waals surface area contributed by atoms with E-state index in [1.165, 1.54) is 0 Å². The summed E-state index contributed by atoms with van der Waals surface area (Å²) < 4.78 is 0. The van der Waals surface area contributed by atoms with Crippen molar-refractivity contribution >= 4 is 0 Å². The molecule has 0 aromatic carbocycles. The van der Waals surface area contributed by atoms with Crippen LogP contribution in [0.25, 0.3) is 0 Å². The molecule has 0 aliphatic carbocycles. The average Bonchev–Trinajstić information content (AvgIpc) is 2.22. The maximum absolute atomic E-state index is 4.99. The molecule has 0 N–H and O–H groups in total. The molecule has 0 spiro atoms. The molecule has 0 atom stereocenters. The predicted molar refractivity (Wildman–Crippen MR) is 64.3 cm³/mol. The standard InChI is InChI=1S/C12H26O6/c1-9(2)11(5,6)13-15-17-18-16-14-12(7,8)10(3)4/h9-10H,1-8H3. The van der Waals surface area contributed by atoms with Crippen LogP contribution in [0.2, 0.25) is 0 Å². The van der Waals surface area contributed by atoms with Crippen molar-refractivity contribution in [3.8, 4) is 0 Å². The smallest absolute Gasteiger partial charge is 0.103 e. The minimum absolute atomic E-state index is 0.248. The highest BCUT2D eigenvalue weighted by Crippen LogP contribution is 2.22. The first-order valence-electron chi connectivity index (χ1n) is 6.13. The Kier molecular flexibility index (Phi) is 7.28. The van der Waals surface area contributed by atoms with Crippen molar-refractivity contribution in [1.29, 1.82) is 0 Å². The van der Waals surface area contributed by atoms with Gasteiger partial charge in [0.1, 0.15) is 11.2 Å². The first-order valence-corrected chi connectivity index (χ1v) is 6.13. The molecule has 18 heavy (non-hydrogen) atoms. The van der Waals surface area contributed by atoms with E-state index >= 15 is 0 Å². The minimum Gasteiger partial charge on any atom is -0.197 e. The number of rotatable bonds is 9. The SMILES string of the molecule is CC(C)C(C)(C)OOOOOOC(C)(C)C(C)C. The van der Waals surface area contributed by atoms with Crippen LogP contribution < -0.4 is 0 Å². The maximum atomic E-state index is 4.99. The lowest BCUT2D eigenvalue weighted by Crippen LogP contribution is -2.32. The molecular formula is C12H26O6. The van der Waals surface area contributed by atoms with Crippen LogP contribution in [-0.2, 0) is 29.9 Å². The van der Waals surface area contributed by atoms with Crippen molar-refractivity contribution in [1.82, 2.24) is 0 Å². The van der Waals surface area contributed by atoms with Gasteiger partial charge < -0.3 is 0 Å². The Bertz CT molecular complexity index is 201. The zero-order valence-electron chi connectivity index (χ0n) is 12.6. The van der Waals surface area contributed by atoms with Gasteiger partial charge in [-0.05, 0) is 59.7 Å². The summed E-state index contributed by atoms with van der Waals surface area (Å²) >= 11 is 0. The molecule has 0 saturated heterocycles. The summed E-state index contributed by atoms with van der Waals surface area (Å²) in [5.41, 5.74) is -0.997. The van der Waals surface area contributed by atoms with Crippen molar-refractivity contribution in [2.45, 2.75) is 66.6 Å². The maximum Gasteiger partial charge on any atom is 0.103 e. The van der Waals surface area contributed by atoms with Gasteiger partial charge in [0.15, 0.2) is 0 Å². The Morgan fingerprint density at radius 1 is 0.556 bits per heavy atom. The Morgan fingerprint density at radius 2 is 0.833 bits per heavy atom. The van der Waals surface area contributed by atoms with E-state index in [9.17, 15) is 0 Å². The van der Waals surface area contributed by atoms with E-state index in [4.69, 9.17) is 9.78 Å². The van der Waals surface area contributed by atoms with Crippen LogP contribution in [0.1, 0.15) is 55.4 Å². The van der Waals surface area contributed by atoms with Crippen LogP contribution in [-0.4, -0.2) is 11.2 Å². The van der Waals surface area contributed by atoms with Crippen molar-refractivity contribution in [3.63, 3.8) is 0 Å². The predicted octanol–water partition coefficient (Wildman–Crippen LogP) is 3.53. The molecule has 6 heteroatoms. The van der Waals surface area contributed by atoms with E-state index in [0.717, 1.165) is 0 Å². The minimum atomic E-state index is -0.499. The first kappa shape index (κ1) is 17.8. The highest BCUT2D eigenvalue weighted by Gasteiger charge is 2.26. The van der Waals surface area contributed by atoms with Crippen LogP contribution in [0.3, 0.4) is 0 Å². The molecule has 0 aromatic heterocycles. The van der Waals surface area contributed by atoms with E-state index in [1.54, 1.807) is 0 Å². The Morgan fingerprint density at radius 3 is 1.06 bits per heavy atom. The molecule has 110 valence electrons. The second kappa shape index (κ2) is 7.37. The normalized spacial score (nSPS) is 13.7. The Labute approximate surface area is 109 Å². The topological polar surface area (TPSA) is 55.4 Å². The van der Waals surface area contributed by atoms with E-state index in [0.29, 0.717) is 0 Å². The molecule has 0 rings (SSSR count). The van der Waals surface area contributed by atoms with Gasteiger partial charge in [-0.15, -0.1) is 0 Å². The van der Waals surface area contributed by atoms with Crippen molar-refractivity contribution in [3.05, 3.63) is 0 Å². The molecule has 0 aliphatic rings. The van der Waals surface area contributed by atoms with Crippen LogP contribution >= 0.6 is 0 Å². The summed E-state index contributed by atoms with van der Waals surface area (Å²) in [6.07, 6.45) is 0. The highest BCUT2D eigenvalue weighted by molar-refractivity contribution is 4.70. The molecular weight excluding hydrogens is 240 g/mol. The van der Waals surface area contributed by atoms with Crippen molar-refractivity contribution in [2.24, 2.45) is 11.8 Å². The van der Waals surface area contributed by atoms with Crippen LogP contribution in [0.15, 0.2) is 0 Å². The average molecular weight is 266 g/mol. The third-order valence-corrected chi connectivity index (χ3v) is 3.36. The summed E-state index contributed by atoms with van der Waals surface area (Å²) in [6.45, 7) is 15.4. The third kappa shape index (κ3) is 6.63. The molecule has 6 nitrogen and oxygen atoms in total. The molecule has 0 fully saturated rings. The van der Waals surface area contributed by atoms with E-state index in [-0.39, 0.29) is 11.8 Å². The first-order chi connectivity index (χ1) is 8.09. The summed E-state index contributed by atoms with van der Waals surface area (Å²) in [7, 11) is 0. The van der Waals surface area contributed by atoms with Crippen LogP contribution in [0, 0.1) is 11.8 Å². The van der Waals surface area contributed by atoms with Crippen LogP contribution in [0.5, 0.6) is 0 Å². The van der Waals surface area contributed by atoms with Crippen LogP contribution in [0.4, 0.5) is 0 Å². The molecule has 0 bridgehead atoms.